The number of hydrogen-bond acceptors (Lipinski definition) is 1. The van der Waals surface area contributed by atoms with Crippen molar-refractivity contribution in [3.63, 3.8) is 0 Å². The van der Waals surface area contributed by atoms with E-state index in [1.165, 1.54) is 5.22 Å². The second-order valence-electron chi connectivity index (χ2n) is 2.23. The zero-order valence-electron chi connectivity index (χ0n) is 5.13. The Bertz CT molecular complexity index is 275. The Kier molecular flexibility index (Phi) is 0.950. The molecular weight excluding hydrogens is 112 g/mol. The molecule has 0 radical (unpaired) electrons. The van der Waals surface area contributed by atoms with Crippen molar-refractivity contribution in [3.8, 4) is 0 Å². The van der Waals surface area contributed by atoms with E-state index in [1.807, 2.05) is 6.07 Å². The first kappa shape index (κ1) is 4.86. The molecule has 1 nitrogen and oxygen atoms in total. The number of fused-ring (bicyclic) bond motifs is 1. The van der Waals surface area contributed by atoms with Crippen LogP contribution in [-0.4, -0.2) is 0 Å². The summed E-state index contributed by atoms with van der Waals surface area (Å²) in [5, 5.41) is 1.25. The minimum absolute atomic E-state index is 1.04. The Morgan fingerprint density at radius 3 is 3.00 bits per heavy atom. The number of hydrogen-bond donors (Lipinski definition) is 0. The van der Waals surface area contributed by atoms with Gasteiger partial charge in [0.1, 0.15) is 5.42 Å². The molecule has 0 bridgehead atoms. The zero-order chi connectivity index (χ0) is 6.10. The normalized spacial score (nSPS) is 15.6. The summed E-state index contributed by atoms with van der Waals surface area (Å²) in [6.45, 7) is 0. The van der Waals surface area contributed by atoms with E-state index in [0.717, 1.165) is 18.3 Å². The average Bonchev–Trinajstić information content (AvgIpc) is 2.33. The van der Waals surface area contributed by atoms with Crippen LogP contribution < -0.4 is 10.6 Å². The van der Waals surface area contributed by atoms with Gasteiger partial charge in [0, 0.05) is 5.22 Å². The topological polar surface area (TPSA) is 13.1 Å². The van der Waals surface area contributed by atoms with Gasteiger partial charge >= 0.3 is 0 Å². The Balaban J connectivity index is 2.89. The number of rotatable bonds is 0. The molecule has 1 aromatic heterocycles. The van der Waals surface area contributed by atoms with Crippen LogP contribution in [0.15, 0.2) is 16.7 Å². The quantitative estimate of drug-likeness (QED) is 0.489. The van der Waals surface area contributed by atoms with Gasteiger partial charge in [0.2, 0.25) is 0 Å². The van der Waals surface area contributed by atoms with Crippen molar-refractivity contribution in [2.45, 2.75) is 12.8 Å². The minimum atomic E-state index is 1.04. The van der Waals surface area contributed by atoms with Gasteiger partial charge in [-0.3, -0.25) is 0 Å². The van der Waals surface area contributed by atoms with Crippen molar-refractivity contribution in [2.75, 3.05) is 0 Å². The molecule has 0 amide bonds. The van der Waals surface area contributed by atoms with Crippen LogP contribution in [0.5, 0.6) is 0 Å². The molecular formula is C8H8O. The highest BCUT2D eigenvalue weighted by Gasteiger charge is 1.92. The van der Waals surface area contributed by atoms with E-state index in [9.17, 15) is 0 Å². The largest absolute Gasteiger partial charge is 0.465 e. The third kappa shape index (κ3) is 0.689. The lowest BCUT2D eigenvalue weighted by Gasteiger charge is -1.89. The van der Waals surface area contributed by atoms with E-state index in [2.05, 4.69) is 12.2 Å². The van der Waals surface area contributed by atoms with Crippen LogP contribution in [-0.2, 0) is 0 Å². The first-order chi connectivity index (χ1) is 4.47. The van der Waals surface area contributed by atoms with E-state index in [4.69, 9.17) is 4.42 Å². The van der Waals surface area contributed by atoms with Crippen molar-refractivity contribution in [2.24, 2.45) is 0 Å². The van der Waals surface area contributed by atoms with Crippen LogP contribution >= 0.6 is 0 Å². The summed E-state index contributed by atoms with van der Waals surface area (Å²) in [7, 11) is 0. The standard InChI is InChI=1S/C8H8O/c1-2-4-8-7(3-1)5-6-9-8/h3-6H,1-2H2. The molecule has 1 aliphatic rings. The van der Waals surface area contributed by atoms with Crippen LogP contribution in [0, 0.1) is 0 Å². The SMILES string of the molecule is C1=c2ccoc2=CCC1. The number of furan rings is 1. The van der Waals surface area contributed by atoms with Crippen molar-refractivity contribution in [1.82, 2.24) is 0 Å². The van der Waals surface area contributed by atoms with Crippen molar-refractivity contribution >= 4 is 12.2 Å². The fourth-order valence-electron chi connectivity index (χ4n) is 1.12. The smallest absolute Gasteiger partial charge is 0.129 e. The minimum Gasteiger partial charge on any atom is -0.465 e. The Morgan fingerprint density at radius 1 is 1.22 bits per heavy atom. The van der Waals surface area contributed by atoms with E-state index in [0.29, 0.717) is 0 Å². The maximum absolute atomic E-state index is 5.17. The summed E-state index contributed by atoms with van der Waals surface area (Å²) < 4.78 is 5.17. The van der Waals surface area contributed by atoms with E-state index in [1.54, 1.807) is 6.26 Å². The van der Waals surface area contributed by atoms with Crippen LogP contribution in [0.4, 0.5) is 0 Å². The third-order valence-corrected chi connectivity index (χ3v) is 1.59. The van der Waals surface area contributed by atoms with E-state index in [-0.39, 0.29) is 0 Å². The van der Waals surface area contributed by atoms with Gasteiger partial charge in [0.05, 0.1) is 6.26 Å². The van der Waals surface area contributed by atoms with Crippen LogP contribution in [0.2, 0.25) is 0 Å². The lowest BCUT2D eigenvalue weighted by atomic mass is 10.2. The van der Waals surface area contributed by atoms with Gasteiger partial charge in [0.25, 0.3) is 0 Å². The highest BCUT2D eigenvalue weighted by Crippen LogP contribution is 1.93. The molecule has 0 atom stereocenters. The van der Waals surface area contributed by atoms with Crippen molar-refractivity contribution in [1.29, 1.82) is 0 Å². The summed E-state index contributed by atoms with van der Waals surface area (Å²) in [5.74, 6) is 0. The third-order valence-electron chi connectivity index (χ3n) is 1.59. The molecule has 46 valence electrons. The van der Waals surface area contributed by atoms with Gasteiger partial charge in [-0.2, -0.15) is 0 Å². The molecule has 0 saturated carbocycles. The predicted octanol–water partition coefficient (Wildman–Crippen LogP) is 0.634. The summed E-state index contributed by atoms with van der Waals surface area (Å²) in [5.41, 5.74) is 1.04. The van der Waals surface area contributed by atoms with Crippen molar-refractivity contribution < 1.29 is 4.42 Å². The van der Waals surface area contributed by atoms with E-state index >= 15 is 0 Å². The van der Waals surface area contributed by atoms with Crippen molar-refractivity contribution in [3.05, 3.63) is 23.0 Å². The molecule has 2 rings (SSSR count). The maximum Gasteiger partial charge on any atom is 0.129 e. The monoisotopic (exact) mass is 120 g/mol. The van der Waals surface area contributed by atoms with Gasteiger partial charge in [-0.1, -0.05) is 6.08 Å². The lowest BCUT2D eigenvalue weighted by molar-refractivity contribution is 0.528. The molecule has 0 aliphatic heterocycles. The molecule has 0 fully saturated rings. The first-order valence-corrected chi connectivity index (χ1v) is 3.21. The zero-order valence-corrected chi connectivity index (χ0v) is 5.13. The lowest BCUT2D eigenvalue weighted by Crippen LogP contribution is -2.21. The highest BCUT2D eigenvalue weighted by molar-refractivity contribution is 5.34. The fourth-order valence-corrected chi connectivity index (χ4v) is 1.12. The van der Waals surface area contributed by atoms with Gasteiger partial charge in [0.15, 0.2) is 0 Å². The Morgan fingerprint density at radius 2 is 2.11 bits per heavy atom. The molecule has 9 heavy (non-hydrogen) atoms. The summed E-state index contributed by atoms with van der Waals surface area (Å²) in [6, 6.07) is 2.00. The van der Waals surface area contributed by atoms with E-state index < -0.39 is 0 Å². The van der Waals surface area contributed by atoms with Gasteiger partial charge < -0.3 is 4.42 Å². The highest BCUT2D eigenvalue weighted by atomic mass is 16.3. The Labute approximate surface area is 53.3 Å². The summed E-state index contributed by atoms with van der Waals surface area (Å²) >= 11 is 0. The Hall–Kier alpha value is -0.980. The molecule has 1 aromatic rings. The molecule has 0 saturated heterocycles. The maximum atomic E-state index is 5.17. The average molecular weight is 120 g/mol. The predicted molar refractivity (Wildman–Crippen MR) is 36.1 cm³/mol. The first-order valence-electron chi connectivity index (χ1n) is 3.21. The van der Waals surface area contributed by atoms with Crippen LogP contribution in [0.1, 0.15) is 12.8 Å². The molecule has 0 aromatic carbocycles. The molecule has 0 spiro atoms. The molecule has 0 N–H and O–H groups in total. The van der Waals surface area contributed by atoms with Gasteiger partial charge in [-0.15, -0.1) is 0 Å². The van der Waals surface area contributed by atoms with Gasteiger partial charge in [-0.05, 0) is 25.0 Å². The van der Waals surface area contributed by atoms with Gasteiger partial charge in [-0.25, -0.2) is 0 Å². The molecule has 0 unspecified atom stereocenters. The molecule has 1 heteroatoms. The second-order valence-corrected chi connectivity index (χ2v) is 2.23. The summed E-state index contributed by atoms with van der Waals surface area (Å²) in [6.07, 6.45) is 8.37. The molecule has 1 aliphatic carbocycles. The fraction of sp³-hybridized carbons (Fsp3) is 0.250. The summed E-state index contributed by atoms with van der Waals surface area (Å²) in [4.78, 5) is 0. The van der Waals surface area contributed by atoms with Crippen LogP contribution in [0.3, 0.4) is 0 Å². The second kappa shape index (κ2) is 1.76. The van der Waals surface area contributed by atoms with Crippen LogP contribution in [0.25, 0.3) is 12.2 Å². The molecule has 1 heterocycles.